The van der Waals surface area contributed by atoms with Crippen molar-refractivity contribution in [3.8, 4) is 0 Å². The molecule has 2 heterocycles. The van der Waals surface area contributed by atoms with Crippen molar-refractivity contribution in [1.82, 2.24) is 10.2 Å². The third-order valence-corrected chi connectivity index (χ3v) is 12.6. The Bertz CT molecular complexity index is 1620. The van der Waals surface area contributed by atoms with Gasteiger partial charge < -0.3 is 39.4 Å². The van der Waals surface area contributed by atoms with E-state index in [4.69, 9.17) is 24.3 Å². The van der Waals surface area contributed by atoms with Gasteiger partial charge in [-0.05, 0) is 104 Å². The van der Waals surface area contributed by atoms with Crippen LogP contribution in [0.1, 0.15) is 104 Å². The van der Waals surface area contributed by atoms with E-state index in [1.54, 1.807) is 34.6 Å². The van der Waals surface area contributed by atoms with Crippen molar-refractivity contribution in [2.75, 3.05) is 43.1 Å². The molecule has 18 heteroatoms. The third-order valence-electron chi connectivity index (χ3n) is 9.97. The van der Waals surface area contributed by atoms with Crippen LogP contribution in [0.3, 0.4) is 0 Å². The van der Waals surface area contributed by atoms with Crippen LogP contribution in [0.2, 0.25) is 0 Å². The predicted molar refractivity (Wildman–Crippen MR) is 209 cm³/mol. The SMILES string of the molecule is CCOP(=O)(OCC)[C@H]1C[C@H]1/C=C\CCCCC[C@H](NC(=O)OC(C)(C)C)C(=O)N1C[C@H](OC(=O)Nc2cc(C(F)(F)F)ccc2N2CCCCC2)C[C@H]1C(N)=O. The average Bonchev–Trinajstić information content (AvgIpc) is 3.80. The maximum absolute atomic E-state index is 14.0. The van der Waals surface area contributed by atoms with Gasteiger partial charge in [-0.15, -0.1) is 0 Å². The Labute approximate surface area is 333 Å². The number of carbonyl (C=O) groups excluding carboxylic acids is 4. The first-order valence-electron chi connectivity index (χ1n) is 19.9. The number of alkyl carbamates (subject to hydrolysis) is 1. The first kappa shape index (κ1) is 45.9. The highest BCUT2D eigenvalue weighted by atomic mass is 31.2. The van der Waals surface area contributed by atoms with Crippen LogP contribution in [0.15, 0.2) is 30.4 Å². The molecule has 1 aromatic carbocycles. The number of nitrogens with zero attached hydrogens (tertiary/aromatic N) is 2. The van der Waals surface area contributed by atoms with Gasteiger partial charge in [0.15, 0.2) is 0 Å². The molecule has 0 radical (unpaired) electrons. The van der Waals surface area contributed by atoms with E-state index < -0.39 is 67.1 Å². The molecule has 1 aliphatic carbocycles. The highest BCUT2D eigenvalue weighted by Gasteiger charge is 2.51. The number of nitrogens with two attached hydrogens (primary N) is 1. The molecular weight excluding hydrogens is 770 g/mol. The highest BCUT2D eigenvalue weighted by Crippen LogP contribution is 2.65. The van der Waals surface area contributed by atoms with Gasteiger partial charge in [-0.2, -0.15) is 13.2 Å². The standard InChI is InChI=1S/C39H59F3N5O9P/c1-6-53-57(52,54-7-2)33-22-26(33)16-12-9-8-10-13-17-29(44-37(51)56-38(3,4)5)35(49)47-25-28(24-32(47)34(43)48)55-36(50)45-30-23-27(39(40,41)42)18-19-31(30)46-20-14-11-15-21-46/h12,16,18-19,23,26,28-29,32-33H,6-11,13-15,17,20-22,24-25H2,1-5H3,(H2,43,48)(H,44,51)(H,45,50)/b16-12-/t26-,28-,29+,32+,33+/m1/s1. The number of primary amides is 1. The normalized spacial score (nSPS) is 22.0. The van der Waals surface area contributed by atoms with Gasteiger partial charge in [0.1, 0.15) is 23.8 Å². The summed E-state index contributed by atoms with van der Waals surface area (Å²) in [5.41, 5.74) is 4.11. The van der Waals surface area contributed by atoms with Gasteiger partial charge in [0.25, 0.3) is 0 Å². The molecule has 2 saturated heterocycles. The van der Waals surface area contributed by atoms with E-state index in [1.165, 1.54) is 11.0 Å². The fourth-order valence-corrected chi connectivity index (χ4v) is 9.48. The summed E-state index contributed by atoms with van der Waals surface area (Å²) >= 11 is 0. The molecule has 0 aromatic heterocycles. The number of carbonyl (C=O) groups is 4. The number of hydrogen-bond donors (Lipinski definition) is 3. The minimum absolute atomic E-state index is 0.0723. The third kappa shape index (κ3) is 13.6. The van der Waals surface area contributed by atoms with E-state index >= 15 is 0 Å². The number of ether oxygens (including phenoxy) is 2. The summed E-state index contributed by atoms with van der Waals surface area (Å²) in [6, 6.07) is 0.886. The van der Waals surface area contributed by atoms with Crippen molar-refractivity contribution >= 4 is 43.0 Å². The molecule has 320 valence electrons. The summed E-state index contributed by atoms with van der Waals surface area (Å²) in [5, 5.41) is 5.09. The largest absolute Gasteiger partial charge is 0.444 e. The maximum atomic E-state index is 14.0. The zero-order valence-electron chi connectivity index (χ0n) is 33.6. The van der Waals surface area contributed by atoms with Gasteiger partial charge in [0.2, 0.25) is 11.8 Å². The average molecular weight is 830 g/mol. The molecule has 14 nitrogen and oxygen atoms in total. The Hall–Kier alpha value is -3.82. The molecule has 57 heavy (non-hydrogen) atoms. The molecule has 4 rings (SSSR count). The molecule has 5 atom stereocenters. The number of halogens is 3. The molecule has 1 aromatic rings. The topological polar surface area (TPSA) is 179 Å². The van der Waals surface area contributed by atoms with Gasteiger partial charge in [-0.25, -0.2) is 9.59 Å². The van der Waals surface area contributed by atoms with Crippen LogP contribution in [-0.4, -0.2) is 91.2 Å². The molecule has 4 N–H and O–H groups in total. The Kier molecular flexibility index (Phi) is 16.3. The maximum Gasteiger partial charge on any atom is 0.416 e. The minimum atomic E-state index is -4.65. The number of alkyl halides is 3. The number of unbranched alkanes of at least 4 members (excludes halogenated alkanes) is 3. The van der Waals surface area contributed by atoms with Crippen LogP contribution in [0.25, 0.3) is 0 Å². The van der Waals surface area contributed by atoms with Crippen LogP contribution < -0.4 is 21.3 Å². The summed E-state index contributed by atoms with van der Waals surface area (Å²) in [6.07, 6.45) is 2.77. The molecule has 1 saturated carbocycles. The highest BCUT2D eigenvalue weighted by molar-refractivity contribution is 7.55. The number of anilines is 2. The fourth-order valence-electron chi connectivity index (χ4n) is 7.24. The number of piperidine rings is 1. The second-order valence-electron chi connectivity index (χ2n) is 15.7. The Morgan fingerprint density at radius 2 is 1.67 bits per heavy atom. The van der Waals surface area contributed by atoms with Crippen molar-refractivity contribution in [1.29, 1.82) is 0 Å². The number of likely N-dealkylation sites (tertiary alicyclic amines) is 1. The smallest absolute Gasteiger partial charge is 0.416 e. The molecule has 0 bridgehead atoms. The van der Waals surface area contributed by atoms with Crippen LogP contribution in [-0.2, 0) is 38.9 Å². The predicted octanol–water partition coefficient (Wildman–Crippen LogP) is 7.75. The van der Waals surface area contributed by atoms with Crippen molar-refractivity contribution in [2.24, 2.45) is 11.7 Å². The number of amides is 4. The summed E-state index contributed by atoms with van der Waals surface area (Å²) < 4.78 is 75.8. The number of rotatable bonds is 18. The van der Waals surface area contributed by atoms with Gasteiger partial charge in [-0.3, -0.25) is 19.5 Å². The minimum Gasteiger partial charge on any atom is -0.444 e. The Balaban J connectivity index is 1.37. The lowest BCUT2D eigenvalue weighted by Crippen LogP contribution is -2.53. The van der Waals surface area contributed by atoms with E-state index in [9.17, 15) is 36.9 Å². The van der Waals surface area contributed by atoms with Crippen molar-refractivity contribution < 1.29 is 55.4 Å². The van der Waals surface area contributed by atoms with E-state index in [-0.39, 0.29) is 36.7 Å². The van der Waals surface area contributed by atoms with E-state index in [0.29, 0.717) is 44.8 Å². The van der Waals surface area contributed by atoms with Crippen LogP contribution in [0.4, 0.5) is 34.1 Å². The van der Waals surface area contributed by atoms with Crippen molar-refractivity contribution in [3.63, 3.8) is 0 Å². The first-order valence-corrected chi connectivity index (χ1v) is 21.5. The number of allylic oxidation sites excluding steroid dienone is 2. The lowest BCUT2D eigenvalue weighted by Gasteiger charge is -2.31. The molecule has 0 spiro atoms. The monoisotopic (exact) mass is 829 g/mol. The number of hydrogen-bond acceptors (Lipinski definition) is 10. The van der Waals surface area contributed by atoms with Crippen LogP contribution in [0, 0.1) is 5.92 Å². The molecule has 2 aliphatic heterocycles. The quantitative estimate of drug-likeness (QED) is 0.0753. The molecule has 0 unspecified atom stereocenters. The molecule has 4 amide bonds. The summed E-state index contributed by atoms with van der Waals surface area (Å²) in [5.74, 6) is -1.34. The van der Waals surface area contributed by atoms with Gasteiger partial charge >= 0.3 is 26.0 Å². The Morgan fingerprint density at radius 3 is 2.28 bits per heavy atom. The summed E-state index contributed by atoms with van der Waals surface area (Å²) in [4.78, 5) is 55.7. The lowest BCUT2D eigenvalue weighted by molar-refractivity contribution is -0.139. The number of nitrogens with one attached hydrogen (secondary N) is 2. The van der Waals surface area contributed by atoms with Crippen molar-refractivity contribution in [3.05, 3.63) is 35.9 Å². The second kappa shape index (κ2) is 20.2. The van der Waals surface area contributed by atoms with Crippen molar-refractivity contribution in [2.45, 2.75) is 134 Å². The van der Waals surface area contributed by atoms with Crippen LogP contribution >= 0.6 is 7.60 Å². The Morgan fingerprint density at radius 1 is 0.982 bits per heavy atom. The summed E-state index contributed by atoms with van der Waals surface area (Å²) in [7, 11) is -3.13. The van der Waals surface area contributed by atoms with E-state index in [2.05, 4.69) is 10.6 Å². The zero-order valence-corrected chi connectivity index (χ0v) is 34.5. The second-order valence-corrected chi connectivity index (χ2v) is 17.9. The fraction of sp³-hybridized carbons (Fsp3) is 0.692. The van der Waals surface area contributed by atoms with Crippen LogP contribution in [0.5, 0.6) is 0 Å². The molecule has 3 fully saturated rings. The van der Waals surface area contributed by atoms with E-state index in [0.717, 1.165) is 50.7 Å². The lowest BCUT2D eigenvalue weighted by atomic mass is 10.0. The number of benzene rings is 1. The zero-order chi connectivity index (χ0) is 42.0. The van der Waals surface area contributed by atoms with Gasteiger partial charge in [-0.1, -0.05) is 25.0 Å². The van der Waals surface area contributed by atoms with Gasteiger partial charge in [0, 0.05) is 19.5 Å². The van der Waals surface area contributed by atoms with E-state index in [1.807, 2.05) is 17.1 Å². The molecular formula is C39H59F3N5O9P. The molecule has 3 aliphatic rings. The summed E-state index contributed by atoms with van der Waals surface area (Å²) in [6.45, 7) is 10.2. The first-order chi connectivity index (χ1) is 26.8. The van der Waals surface area contributed by atoms with Gasteiger partial charge in [0.05, 0.1) is 42.4 Å².